The van der Waals surface area contributed by atoms with Gasteiger partial charge in [0, 0.05) is 0 Å². The van der Waals surface area contributed by atoms with Gasteiger partial charge in [0.2, 0.25) is 10.0 Å². The third-order valence-corrected chi connectivity index (χ3v) is 6.68. The van der Waals surface area contributed by atoms with Crippen LogP contribution in [-0.4, -0.2) is 8.42 Å². The van der Waals surface area contributed by atoms with E-state index in [2.05, 4.69) is 42.0 Å². The first-order valence-electron chi connectivity index (χ1n) is 9.47. The van der Waals surface area contributed by atoms with Crippen LogP contribution in [0.1, 0.15) is 36.1 Å². The predicted molar refractivity (Wildman–Crippen MR) is 114 cm³/mol. The SMILES string of the molecule is CCC1=Cc2cccc(-c3ccccc3)c2C1NS(=O)(=O)c1ccc(C)cc1.[Cl-].[Sm+]. The molecule has 1 unspecified atom stereocenters. The molecular weight excluding hydrogens is 552 g/mol. The standard InChI is InChI=1S/C24H23NO2S.ClH.Sm/c1-3-18-16-20-10-7-11-22(19-8-5-4-6-9-19)23(20)24(18)25-28(26,27)21-14-12-17(2)13-15-21;;/h4-16,24-25H,3H2,1-2H3;1H;/q;;+1/p-1. The number of sulfonamides is 1. The molecule has 0 aromatic heterocycles. The summed E-state index contributed by atoms with van der Waals surface area (Å²) >= 11 is 0. The van der Waals surface area contributed by atoms with Gasteiger partial charge in [-0.05, 0) is 53.3 Å². The summed E-state index contributed by atoms with van der Waals surface area (Å²) in [5, 5.41) is 0. The molecule has 155 valence electrons. The molecule has 3 nitrogen and oxygen atoms in total. The number of hydrogen-bond donors (Lipinski definition) is 1. The van der Waals surface area contributed by atoms with Crippen molar-refractivity contribution in [2.45, 2.75) is 31.2 Å². The molecule has 1 N–H and O–H groups in total. The third-order valence-electron chi connectivity index (χ3n) is 5.24. The Morgan fingerprint density at radius 3 is 2.20 bits per heavy atom. The first-order valence-corrected chi connectivity index (χ1v) is 11.0. The monoisotopic (exact) mass is 576 g/mol. The minimum Gasteiger partial charge on any atom is -1.00 e. The molecule has 0 bridgehead atoms. The molecule has 4 rings (SSSR count). The summed E-state index contributed by atoms with van der Waals surface area (Å²) in [6.07, 6.45) is 2.90. The minimum atomic E-state index is -3.64. The Morgan fingerprint density at radius 1 is 0.900 bits per heavy atom. The van der Waals surface area contributed by atoms with Gasteiger partial charge in [-0.3, -0.25) is 0 Å². The van der Waals surface area contributed by atoms with Crippen LogP contribution >= 0.6 is 0 Å². The van der Waals surface area contributed by atoms with Gasteiger partial charge in [0.1, 0.15) is 0 Å². The first-order chi connectivity index (χ1) is 13.5. The van der Waals surface area contributed by atoms with E-state index in [1.54, 1.807) is 12.1 Å². The van der Waals surface area contributed by atoms with E-state index in [-0.39, 0.29) is 58.8 Å². The maximum Gasteiger partial charge on any atom is 1.00 e. The summed E-state index contributed by atoms with van der Waals surface area (Å²) in [5.74, 6) is 0. The average Bonchev–Trinajstić information content (AvgIpc) is 3.06. The first kappa shape index (κ1) is 25.2. The van der Waals surface area contributed by atoms with E-state index in [0.29, 0.717) is 4.90 Å². The normalized spacial score (nSPS) is 14.9. The van der Waals surface area contributed by atoms with E-state index in [0.717, 1.165) is 39.8 Å². The summed E-state index contributed by atoms with van der Waals surface area (Å²) in [6.45, 7) is 4.01. The maximum atomic E-state index is 13.1. The number of hydrogen-bond acceptors (Lipinski definition) is 2. The molecular formula is C24H23ClNO2SSm. The van der Waals surface area contributed by atoms with E-state index < -0.39 is 10.0 Å². The third kappa shape index (κ3) is 5.04. The average molecular weight is 575 g/mol. The molecule has 1 aliphatic rings. The zero-order valence-corrected chi connectivity index (χ0v) is 21.0. The molecule has 0 saturated heterocycles. The molecule has 1 radical (unpaired) electrons. The van der Waals surface area contributed by atoms with Crippen LogP contribution in [0.3, 0.4) is 0 Å². The van der Waals surface area contributed by atoms with E-state index in [1.807, 2.05) is 43.3 Å². The number of nitrogens with one attached hydrogen (secondary N) is 1. The van der Waals surface area contributed by atoms with Crippen molar-refractivity contribution in [1.82, 2.24) is 4.72 Å². The van der Waals surface area contributed by atoms with Crippen LogP contribution < -0.4 is 17.1 Å². The quantitative estimate of drug-likeness (QED) is 0.509. The largest absolute Gasteiger partial charge is 1.00 e. The second-order valence-corrected chi connectivity index (χ2v) is 8.83. The molecule has 0 fully saturated rings. The minimum absolute atomic E-state index is 0. The summed E-state index contributed by atoms with van der Waals surface area (Å²) in [7, 11) is -3.64. The predicted octanol–water partition coefficient (Wildman–Crippen LogP) is 2.49. The van der Waals surface area contributed by atoms with Crippen LogP contribution in [0.25, 0.3) is 17.2 Å². The molecule has 1 aliphatic carbocycles. The van der Waals surface area contributed by atoms with Crippen molar-refractivity contribution in [3.63, 3.8) is 0 Å². The molecule has 1 atom stereocenters. The molecule has 0 aliphatic heterocycles. The van der Waals surface area contributed by atoms with E-state index >= 15 is 0 Å². The van der Waals surface area contributed by atoms with E-state index in [1.165, 1.54) is 0 Å². The fourth-order valence-corrected chi connectivity index (χ4v) is 4.96. The van der Waals surface area contributed by atoms with Crippen LogP contribution in [0.5, 0.6) is 0 Å². The van der Waals surface area contributed by atoms with Crippen molar-refractivity contribution in [3.05, 3.63) is 95.1 Å². The maximum absolute atomic E-state index is 13.1. The van der Waals surface area contributed by atoms with Crippen LogP contribution in [0.4, 0.5) is 0 Å². The molecule has 30 heavy (non-hydrogen) atoms. The Bertz CT molecular complexity index is 1140. The van der Waals surface area contributed by atoms with Crippen molar-refractivity contribution in [3.8, 4) is 11.1 Å². The van der Waals surface area contributed by atoms with Crippen LogP contribution in [0.15, 0.2) is 83.3 Å². The molecule has 0 spiro atoms. The van der Waals surface area contributed by atoms with E-state index in [9.17, 15) is 8.42 Å². The van der Waals surface area contributed by atoms with Gasteiger partial charge in [0.05, 0.1) is 10.9 Å². The number of aryl methyl sites for hydroxylation is 1. The molecule has 3 aromatic carbocycles. The summed E-state index contributed by atoms with van der Waals surface area (Å²) in [6, 6.07) is 22.9. The van der Waals surface area contributed by atoms with Gasteiger partial charge in [-0.2, -0.15) is 4.72 Å². The second-order valence-electron chi connectivity index (χ2n) is 7.11. The Labute approximate surface area is 217 Å². The van der Waals surface area contributed by atoms with Gasteiger partial charge in [0.15, 0.2) is 0 Å². The zero-order chi connectivity index (χ0) is 19.7. The fourth-order valence-electron chi connectivity index (χ4n) is 3.75. The van der Waals surface area contributed by atoms with Gasteiger partial charge in [-0.1, -0.05) is 79.2 Å². The fraction of sp³-hybridized carbons (Fsp3) is 0.167. The smallest absolute Gasteiger partial charge is 1.00 e. The molecule has 3 aromatic rings. The Morgan fingerprint density at radius 2 is 1.57 bits per heavy atom. The molecule has 0 heterocycles. The van der Waals surface area contributed by atoms with Gasteiger partial charge >= 0.3 is 40.4 Å². The second kappa shape index (κ2) is 10.5. The van der Waals surface area contributed by atoms with Gasteiger partial charge in [-0.25, -0.2) is 8.42 Å². The van der Waals surface area contributed by atoms with Crippen molar-refractivity contribution in [1.29, 1.82) is 0 Å². The summed E-state index contributed by atoms with van der Waals surface area (Å²) in [4.78, 5) is 0.291. The summed E-state index contributed by atoms with van der Waals surface area (Å²) in [5.41, 5.74) is 6.37. The van der Waals surface area contributed by atoms with Gasteiger partial charge in [0.25, 0.3) is 0 Å². The van der Waals surface area contributed by atoms with Crippen LogP contribution in [0, 0.1) is 47.3 Å². The Balaban J connectivity index is 0.00000160. The molecule has 0 amide bonds. The topological polar surface area (TPSA) is 46.2 Å². The number of rotatable bonds is 5. The van der Waals surface area contributed by atoms with Gasteiger partial charge < -0.3 is 12.4 Å². The van der Waals surface area contributed by atoms with Gasteiger partial charge in [-0.15, -0.1) is 0 Å². The van der Waals surface area contributed by atoms with Crippen LogP contribution in [-0.2, 0) is 10.0 Å². The number of benzene rings is 3. The van der Waals surface area contributed by atoms with Crippen molar-refractivity contribution < 1.29 is 61.2 Å². The Hall–Kier alpha value is -1.06. The Kier molecular flexibility index (Phi) is 8.82. The zero-order valence-electron chi connectivity index (χ0n) is 16.8. The summed E-state index contributed by atoms with van der Waals surface area (Å²) < 4.78 is 29.1. The van der Waals surface area contributed by atoms with Crippen molar-refractivity contribution >= 4 is 16.1 Å². The van der Waals surface area contributed by atoms with E-state index in [4.69, 9.17) is 0 Å². The number of fused-ring (bicyclic) bond motifs is 1. The van der Waals surface area contributed by atoms with Crippen LogP contribution in [0.2, 0.25) is 0 Å². The molecule has 0 saturated carbocycles. The number of halogens is 1. The van der Waals surface area contributed by atoms with Crippen molar-refractivity contribution in [2.24, 2.45) is 0 Å². The van der Waals surface area contributed by atoms with Crippen molar-refractivity contribution in [2.75, 3.05) is 0 Å². The molecule has 6 heteroatoms.